The lowest BCUT2D eigenvalue weighted by atomic mass is 10.2. The molecular weight excluding hydrogens is 370 g/mol. The van der Waals surface area contributed by atoms with E-state index in [1.54, 1.807) is 36.4 Å². The number of nitriles is 2. The Morgan fingerprint density at radius 3 is 2.31 bits per heavy atom. The van der Waals surface area contributed by atoms with E-state index < -0.39 is 24.6 Å². The van der Waals surface area contributed by atoms with E-state index in [1.807, 2.05) is 31.2 Å². The van der Waals surface area contributed by atoms with Gasteiger partial charge in [0.25, 0.3) is 5.91 Å². The van der Waals surface area contributed by atoms with Crippen LogP contribution in [0.5, 0.6) is 5.75 Å². The largest absolute Gasteiger partial charge is 0.479 e. The molecular formula is C22H21N3O4. The molecule has 0 bridgehead atoms. The molecule has 0 fully saturated rings. The Kier molecular flexibility index (Phi) is 7.76. The van der Waals surface area contributed by atoms with Crippen molar-refractivity contribution in [2.45, 2.75) is 26.4 Å². The van der Waals surface area contributed by atoms with E-state index in [1.165, 1.54) is 11.8 Å². The van der Waals surface area contributed by atoms with E-state index in [0.717, 1.165) is 5.56 Å². The van der Waals surface area contributed by atoms with Gasteiger partial charge < -0.3 is 14.4 Å². The molecule has 0 aliphatic rings. The zero-order valence-electron chi connectivity index (χ0n) is 16.3. The summed E-state index contributed by atoms with van der Waals surface area (Å²) in [6.45, 7) is 3.19. The predicted octanol–water partition coefficient (Wildman–Crippen LogP) is 3.12. The molecule has 0 saturated heterocycles. The highest BCUT2D eigenvalue weighted by Crippen LogP contribution is 2.17. The van der Waals surface area contributed by atoms with Gasteiger partial charge in [0.15, 0.2) is 12.7 Å². The highest BCUT2D eigenvalue weighted by molar-refractivity contribution is 5.95. The Hall–Kier alpha value is -3.84. The van der Waals surface area contributed by atoms with E-state index in [4.69, 9.17) is 20.0 Å². The number of aryl methyl sites for hydroxylation is 1. The molecule has 1 amide bonds. The second-order valence-electron chi connectivity index (χ2n) is 6.29. The van der Waals surface area contributed by atoms with Crippen molar-refractivity contribution in [1.29, 1.82) is 10.5 Å². The molecule has 0 aliphatic carbocycles. The number of rotatable bonds is 8. The monoisotopic (exact) mass is 391 g/mol. The van der Waals surface area contributed by atoms with Crippen molar-refractivity contribution >= 4 is 17.6 Å². The maximum absolute atomic E-state index is 12.6. The number of nitrogens with zero attached hydrogens (tertiary/aromatic N) is 3. The van der Waals surface area contributed by atoms with E-state index in [9.17, 15) is 9.59 Å². The zero-order chi connectivity index (χ0) is 21.2. The normalized spacial score (nSPS) is 10.9. The number of esters is 1. The van der Waals surface area contributed by atoms with E-state index in [0.29, 0.717) is 17.0 Å². The van der Waals surface area contributed by atoms with Gasteiger partial charge >= 0.3 is 5.97 Å². The molecule has 0 saturated carbocycles. The highest BCUT2D eigenvalue weighted by Gasteiger charge is 2.21. The number of amides is 1. The van der Waals surface area contributed by atoms with Gasteiger partial charge in [-0.1, -0.05) is 17.7 Å². The van der Waals surface area contributed by atoms with Gasteiger partial charge in [-0.05, 0) is 50.2 Å². The third kappa shape index (κ3) is 6.37. The number of anilines is 1. The zero-order valence-corrected chi connectivity index (χ0v) is 16.3. The lowest BCUT2D eigenvalue weighted by molar-refractivity contribution is -0.154. The second kappa shape index (κ2) is 10.5. The molecule has 2 rings (SSSR count). The van der Waals surface area contributed by atoms with Crippen molar-refractivity contribution < 1.29 is 19.1 Å². The molecule has 148 valence electrons. The van der Waals surface area contributed by atoms with Crippen LogP contribution in [0.25, 0.3) is 0 Å². The van der Waals surface area contributed by atoms with E-state index >= 15 is 0 Å². The lowest BCUT2D eigenvalue weighted by Gasteiger charge is -2.22. The standard InChI is InChI=1S/C22H21N3O4/c1-16-4-8-19(9-5-16)25(13-3-12-23)21(26)15-28-22(27)17(2)29-20-10-6-18(14-24)7-11-20/h4-11,17H,3,13,15H2,1-2H3/t17-/m0/s1. The van der Waals surface area contributed by atoms with Crippen LogP contribution in [0.1, 0.15) is 24.5 Å². The fourth-order valence-electron chi connectivity index (χ4n) is 2.47. The van der Waals surface area contributed by atoms with E-state index in [2.05, 4.69) is 0 Å². The van der Waals surface area contributed by atoms with Crippen molar-refractivity contribution in [2.75, 3.05) is 18.1 Å². The molecule has 2 aromatic rings. The highest BCUT2D eigenvalue weighted by atomic mass is 16.6. The Labute approximate surface area is 169 Å². The summed E-state index contributed by atoms with van der Waals surface area (Å²) in [6.07, 6.45) is -0.770. The third-order valence-corrected chi connectivity index (χ3v) is 4.06. The van der Waals surface area contributed by atoms with Crippen LogP contribution in [-0.4, -0.2) is 31.1 Å². The average molecular weight is 391 g/mol. The minimum absolute atomic E-state index is 0.159. The Morgan fingerprint density at radius 1 is 1.07 bits per heavy atom. The number of carbonyl (C=O) groups excluding carboxylic acids is 2. The van der Waals surface area contributed by atoms with Gasteiger partial charge in [0, 0.05) is 12.2 Å². The predicted molar refractivity (Wildman–Crippen MR) is 106 cm³/mol. The van der Waals surface area contributed by atoms with Crippen molar-refractivity contribution in [1.82, 2.24) is 0 Å². The fraction of sp³-hybridized carbons (Fsp3) is 0.273. The van der Waals surface area contributed by atoms with Crippen molar-refractivity contribution in [2.24, 2.45) is 0 Å². The van der Waals surface area contributed by atoms with Gasteiger partial charge in [0.2, 0.25) is 0 Å². The first-order valence-corrected chi connectivity index (χ1v) is 9.02. The van der Waals surface area contributed by atoms with Crippen LogP contribution in [0, 0.1) is 29.6 Å². The first-order valence-electron chi connectivity index (χ1n) is 9.02. The minimum Gasteiger partial charge on any atom is -0.479 e. The topological polar surface area (TPSA) is 103 Å². The molecule has 0 unspecified atom stereocenters. The summed E-state index contributed by atoms with van der Waals surface area (Å²) in [4.78, 5) is 26.1. The van der Waals surface area contributed by atoms with Crippen LogP contribution < -0.4 is 9.64 Å². The third-order valence-electron chi connectivity index (χ3n) is 4.06. The summed E-state index contributed by atoms with van der Waals surface area (Å²) in [7, 11) is 0. The van der Waals surface area contributed by atoms with Crippen molar-refractivity contribution in [3.8, 4) is 17.9 Å². The Balaban J connectivity index is 1.94. The van der Waals surface area contributed by atoms with Gasteiger partial charge in [-0.2, -0.15) is 10.5 Å². The maximum Gasteiger partial charge on any atom is 0.347 e. The summed E-state index contributed by atoms with van der Waals surface area (Å²) in [5, 5.41) is 17.6. The number of hydrogen-bond acceptors (Lipinski definition) is 6. The second-order valence-corrected chi connectivity index (χ2v) is 6.29. The van der Waals surface area contributed by atoms with E-state index in [-0.39, 0.29) is 13.0 Å². The molecule has 2 aromatic carbocycles. The Bertz CT molecular complexity index is 925. The van der Waals surface area contributed by atoms with Gasteiger partial charge in [-0.3, -0.25) is 4.79 Å². The number of benzene rings is 2. The van der Waals surface area contributed by atoms with Crippen LogP contribution in [0.3, 0.4) is 0 Å². The van der Waals surface area contributed by atoms with Gasteiger partial charge in [0.1, 0.15) is 5.75 Å². The molecule has 0 heterocycles. The summed E-state index contributed by atoms with van der Waals surface area (Å²) in [5.74, 6) is -0.704. The van der Waals surface area contributed by atoms with Crippen LogP contribution in [0.4, 0.5) is 5.69 Å². The SMILES string of the molecule is Cc1ccc(N(CCC#N)C(=O)COC(=O)[C@H](C)Oc2ccc(C#N)cc2)cc1. The summed E-state index contributed by atoms with van der Waals surface area (Å²) >= 11 is 0. The van der Waals surface area contributed by atoms with Gasteiger partial charge in [0.05, 0.1) is 24.1 Å². The van der Waals surface area contributed by atoms with Crippen molar-refractivity contribution in [3.05, 3.63) is 59.7 Å². The summed E-state index contributed by atoms with van der Waals surface area (Å²) < 4.78 is 10.6. The number of carbonyl (C=O) groups is 2. The molecule has 0 aromatic heterocycles. The van der Waals surface area contributed by atoms with Crippen molar-refractivity contribution in [3.63, 3.8) is 0 Å². The van der Waals surface area contributed by atoms with Crippen LogP contribution >= 0.6 is 0 Å². The quantitative estimate of drug-likeness (QED) is 0.641. The molecule has 0 spiro atoms. The molecule has 29 heavy (non-hydrogen) atoms. The number of ether oxygens (including phenoxy) is 2. The molecule has 0 aliphatic heterocycles. The minimum atomic E-state index is -0.928. The average Bonchev–Trinajstić information content (AvgIpc) is 2.73. The van der Waals surface area contributed by atoms with Crippen LogP contribution in [0.2, 0.25) is 0 Å². The van der Waals surface area contributed by atoms with Gasteiger partial charge in [-0.25, -0.2) is 4.79 Å². The Morgan fingerprint density at radius 2 is 1.72 bits per heavy atom. The first kappa shape index (κ1) is 21.5. The maximum atomic E-state index is 12.6. The lowest BCUT2D eigenvalue weighted by Crippen LogP contribution is -2.37. The molecule has 7 nitrogen and oxygen atoms in total. The molecule has 1 atom stereocenters. The fourth-order valence-corrected chi connectivity index (χ4v) is 2.47. The van der Waals surface area contributed by atoms with Crippen LogP contribution in [-0.2, 0) is 14.3 Å². The number of hydrogen-bond donors (Lipinski definition) is 0. The summed E-state index contributed by atoms with van der Waals surface area (Å²) in [5.41, 5.74) is 2.15. The molecule has 0 N–H and O–H groups in total. The first-order chi connectivity index (χ1) is 13.9. The molecule has 0 radical (unpaired) electrons. The van der Waals surface area contributed by atoms with Crippen LogP contribution in [0.15, 0.2) is 48.5 Å². The van der Waals surface area contributed by atoms with Gasteiger partial charge in [-0.15, -0.1) is 0 Å². The smallest absolute Gasteiger partial charge is 0.347 e. The molecule has 7 heteroatoms. The summed E-state index contributed by atoms with van der Waals surface area (Å²) in [6, 6.07) is 17.6.